The van der Waals surface area contributed by atoms with Crippen LogP contribution >= 0.6 is 0 Å². The highest BCUT2D eigenvalue weighted by Gasteiger charge is 2.16. The van der Waals surface area contributed by atoms with Gasteiger partial charge in [0.15, 0.2) is 0 Å². The lowest BCUT2D eigenvalue weighted by Crippen LogP contribution is -2.24. The van der Waals surface area contributed by atoms with E-state index in [1.165, 1.54) is 35.1 Å². The zero-order chi connectivity index (χ0) is 10.8. The Kier molecular flexibility index (Phi) is 2.92. The second-order valence-electron chi connectivity index (χ2n) is 4.37. The first-order chi connectivity index (χ1) is 7.22. The molecule has 0 aliphatic heterocycles. The topological polar surface area (TPSA) is 12.0 Å². The summed E-state index contributed by atoms with van der Waals surface area (Å²) in [6, 6.07) is 7.26. The molecule has 0 saturated carbocycles. The number of aryl methyl sites for hydroxylation is 2. The van der Waals surface area contributed by atoms with Crippen LogP contribution < -0.4 is 5.32 Å². The van der Waals surface area contributed by atoms with Crippen molar-refractivity contribution in [3.05, 3.63) is 41.0 Å². The Labute approximate surface area is 92.2 Å². The van der Waals surface area contributed by atoms with E-state index in [1.807, 2.05) is 7.05 Å². The monoisotopic (exact) mass is 201 g/mol. The molecule has 0 heterocycles. The van der Waals surface area contributed by atoms with Gasteiger partial charge in [-0.15, -0.1) is 0 Å². The largest absolute Gasteiger partial charge is 0.313 e. The molecular weight excluding hydrogens is 182 g/mol. The molecule has 15 heavy (non-hydrogen) atoms. The van der Waals surface area contributed by atoms with Crippen LogP contribution in [0, 0.1) is 6.92 Å². The molecule has 1 nitrogen and oxygen atoms in total. The van der Waals surface area contributed by atoms with Gasteiger partial charge in [0, 0.05) is 6.04 Å². The number of nitrogens with one attached hydrogen (secondary N) is 1. The minimum absolute atomic E-state index is 0.450. The van der Waals surface area contributed by atoms with Crippen molar-refractivity contribution in [1.29, 1.82) is 0 Å². The molecule has 80 valence electrons. The molecule has 1 aliphatic rings. The number of fused-ring (bicyclic) bond motifs is 1. The molecule has 1 heteroatoms. The molecule has 1 aromatic rings. The Balaban J connectivity index is 2.44. The molecule has 0 fully saturated rings. The van der Waals surface area contributed by atoms with Crippen molar-refractivity contribution in [3.63, 3.8) is 0 Å². The van der Waals surface area contributed by atoms with Gasteiger partial charge in [-0.3, -0.25) is 0 Å². The molecule has 0 saturated heterocycles. The summed E-state index contributed by atoms with van der Waals surface area (Å²) in [5.41, 5.74) is 5.76. The van der Waals surface area contributed by atoms with Gasteiger partial charge in [0.25, 0.3) is 0 Å². The van der Waals surface area contributed by atoms with Crippen LogP contribution in [0.2, 0.25) is 0 Å². The first kappa shape index (κ1) is 10.4. The normalized spacial score (nSPS) is 16.9. The molecule has 0 spiro atoms. The first-order valence-electron chi connectivity index (χ1n) is 5.69. The second-order valence-corrected chi connectivity index (χ2v) is 4.37. The molecule has 0 bridgehead atoms. The summed E-state index contributed by atoms with van der Waals surface area (Å²) < 4.78 is 0. The SMILES string of the molecule is CNC(C)C1=CCCc2ccc(C)cc21. The molecule has 1 aliphatic carbocycles. The van der Waals surface area contributed by atoms with Crippen LogP contribution in [0.5, 0.6) is 0 Å². The van der Waals surface area contributed by atoms with Crippen LogP contribution in [0.15, 0.2) is 24.3 Å². The van der Waals surface area contributed by atoms with Gasteiger partial charge in [-0.2, -0.15) is 0 Å². The number of benzene rings is 1. The standard InChI is InChI=1S/C14H19N/c1-10-7-8-12-5-4-6-13(11(2)15-3)14(12)9-10/h6-9,11,15H,4-5H2,1-3H3. The van der Waals surface area contributed by atoms with Gasteiger partial charge < -0.3 is 5.32 Å². The Morgan fingerprint density at radius 2 is 2.13 bits per heavy atom. The molecule has 1 aromatic carbocycles. The van der Waals surface area contributed by atoms with Crippen molar-refractivity contribution >= 4 is 5.57 Å². The third-order valence-electron chi connectivity index (χ3n) is 3.25. The van der Waals surface area contributed by atoms with Gasteiger partial charge in [0.05, 0.1) is 0 Å². The van der Waals surface area contributed by atoms with Gasteiger partial charge in [-0.1, -0.05) is 29.8 Å². The van der Waals surface area contributed by atoms with Crippen LogP contribution in [0.3, 0.4) is 0 Å². The van der Waals surface area contributed by atoms with Gasteiger partial charge in [-0.25, -0.2) is 0 Å². The zero-order valence-corrected chi connectivity index (χ0v) is 9.80. The number of allylic oxidation sites excluding steroid dienone is 1. The van der Waals surface area contributed by atoms with Crippen molar-refractivity contribution < 1.29 is 0 Å². The quantitative estimate of drug-likeness (QED) is 0.775. The Morgan fingerprint density at radius 1 is 1.33 bits per heavy atom. The molecule has 0 aromatic heterocycles. The fourth-order valence-electron chi connectivity index (χ4n) is 2.24. The highest BCUT2D eigenvalue weighted by Crippen LogP contribution is 2.29. The predicted molar refractivity (Wildman–Crippen MR) is 66.0 cm³/mol. The maximum absolute atomic E-state index is 3.33. The highest BCUT2D eigenvalue weighted by molar-refractivity contribution is 5.73. The third-order valence-corrected chi connectivity index (χ3v) is 3.25. The van der Waals surface area contributed by atoms with Gasteiger partial charge in [-0.05, 0) is 50.4 Å². The van der Waals surface area contributed by atoms with Crippen LogP contribution in [0.1, 0.15) is 30.0 Å². The van der Waals surface area contributed by atoms with Gasteiger partial charge in [0.2, 0.25) is 0 Å². The smallest absolute Gasteiger partial charge is 0.0291 e. The fraction of sp³-hybridized carbons (Fsp3) is 0.429. The molecular formula is C14H19N. The minimum atomic E-state index is 0.450. The van der Waals surface area contributed by atoms with E-state index in [1.54, 1.807) is 0 Å². The number of hydrogen-bond acceptors (Lipinski definition) is 1. The van der Waals surface area contributed by atoms with E-state index in [0.717, 1.165) is 0 Å². The maximum Gasteiger partial charge on any atom is 0.0291 e. The predicted octanol–water partition coefficient (Wildman–Crippen LogP) is 2.93. The highest BCUT2D eigenvalue weighted by atomic mass is 14.9. The van der Waals surface area contributed by atoms with Crippen LogP contribution in [0.4, 0.5) is 0 Å². The van der Waals surface area contributed by atoms with E-state index >= 15 is 0 Å². The lowest BCUT2D eigenvalue weighted by molar-refractivity contribution is 0.736. The van der Waals surface area contributed by atoms with E-state index in [4.69, 9.17) is 0 Å². The van der Waals surface area contributed by atoms with E-state index < -0.39 is 0 Å². The molecule has 0 amide bonds. The first-order valence-corrected chi connectivity index (χ1v) is 5.69. The van der Waals surface area contributed by atoms with Crippen molar-refractivity contribution in [3.8, 4) is 0 Å². The average molecular weight is 201 g/mol. The summed E-state index contributed by atoms with van der Waals surface area (Å²) in [6.45, 7) is 4.39. The Morgan fingerprint density at radius 3 is 2.87 bits per heavy atom. The Hall–Kier alpha value is -1.08. The summed E-state index contributed by atoms with van der Waals surface area (Å²) in [7, 11) is 2.02. The zero-order valence-electron chi connectivity index (χ0n) is 9.80. The lowest BCUT2D eigenvalue weighted by atomic mass is 9.86. The van der Waals surface area contributed by atoms with Gasteiger partial charge in [0.1, 0.15) is 0 Å². The van der Waals surface area contributed by atoms with Crippen LogP contribution in [0.25, 0.3) is 5.57 Å². The molecule has 2 rings (SSSR count). The minimum Gasteiger partial charge on any atom is -0.313 e. The third kappa shape index (κ3) is 1.98. The lowest BCUT2D eigenvalue weighted by Gasteiger charge is -2.23. The molecule has 1 atom stereocenters. The van der Waals surface area contributed by atoms with Crippen molar-refractivity contribution in [2.75, 3.05) is 7.05 Å². The maximum atomic E-state index is 3.33. The molecule has 1 unspecified atom stereocenters. The fourth-order valence-corrected chi connectivity index (χ4v) is 2.24. The molecule has 1 N–H and O–H groups in total. The second kappa shape index (κ2) is 4.19. The van der Waals surface area contributed by atoms with Crippen molar-refractivity contribution in [1.82, 2.24) is 5.32 Å². The van der Waals surface area contributed by atoms with Crippen LogP contribution in [-0.4, -0.2) is 13.1 Å². The van der Waals surface area contributed by atoms with E-state index in [0.29, 0.717) is 6.04 Å². The summed E-state index contributed by atoms with van der Waals surface area (Å²) in [4.78, 5) is 0. The van der Waals surface area contributed by atoms with E-state index in [9.17, 15) is 0 Å². The van der Waals surface area contributed by atoms with Crippen molar-refractivity contribution in [2.24, 2.45) is 0 Å². The summed E-state index contributed by atoms with van der Waals surface area (Å²) in [6.07, 6.45) is 4.75. The van der Waals surface area contributed by atoms with Crippen LogP contribution in [-0.2, 0) is 6.42 Å². The number of rotatable bonds is 2. The number of likely N-dealkylation sites (N-methyl/N-ethyl adjacent to an activating group) is 1. The Bertz CT molecular complexity index is 390. The molecule has 0 radical (unpaired) electrons. The summed E-state index contributed by atoms with van der Waals surface area (Å²) >= 11 is 0. The average Bonchev–Trinajstić information content (AvgIpc) is 2.27. The van der Waals surface area contributed by atoms with Crippen molar-refractivity contribution in [2.45, 2.75) is 32.7 Å². The van der Waals surface area contributed by atoms with E-state index in [2.05, 4.69) is 43.4 Å². The van der Waals surface area contributed by atoms with Gasteiger partial charge >= 0.3 is 0 Å². The van der Waals surface area contributed by atoms with E-state index in [-0.39, 0.29) is 0 Å². The number of hydrogen-bond donors (Lipinski definition) is 1. The summed E-state index contributed by atoms with van der Waals surface area (Å²) in [5, 5.41) is 3.33. The summed E-state index contributed by atoms with van der Waals surface area (Å²) in [5.74, 6) is 0.